The van der Waals surface area contributed by atoms with Crippen LogP contribution >= 0.6 is 12.4 Å². The Morgan fingerprint density at radius 1 is 1.27 bits per heavy atom. The number of halogens is 1. The van der Waals surface area contributed by atoms with Crippen molar-refractivity contribution < 1.29 is 13.2 Å². The molecule has 1 N–H and O–H groups in total. The minimum atomic E-state index is -3.66. The summed E-state index contributed by atoms with van der Waals surface area (Å²) in [5.41, 5.74) is 0.607. The number of amidine groups is 1. The second-order valence-corrected chi connectivity index (χ2v) is 8.45. The highest BCUT2D eigenvalue weighted by molar-refractivity contribution is 7.90. The third-order valence-electron chi connectivity index (χ3n) is 5.10. The molecule has 1 aromatic carbocycles. The molecular weight excluding hydrogens is 376 g/mol. The predicted molar refractivity (Wildman–Crippen MR) is 101 cm³/mol. The number of sulfonamides is 1. The van der Waals surface area contributed by atoms with E-state index in [0.717, 1.165) is 19.4 Å². The average Bonchev–Trinajstić information content (AvgIpc) is 3.17. The lowest BCUT2D eigenvalue weighted by atomic mass is 10.1. The van der Waals surface area contributed by atoms with Crippen LogP contribution < -0.4 is 5.32 Å². The molecule has 2 saturated heterocycles. The summed E-state index contributed by atoms with van der Waals surface area (Å²) in [6, 6.07) is 6.80. The number of likely N-dealkylation sites (tertiary alicyclic amines) is 1. The summed E-state index contributed by atoms with van der Waals surface area (Å²) in [4.78, 5) is 17.0. The number of hydrogen-bond acceptors (Lipinski definition) is 5. The van der Waals surface area contributed by atoms with Crippen molar-refractivity contribution in [3.8, 4) is 0 Å². The van der Waals surface area contributed by atoms with Crippen LogP contribution in [0.25, 0.3) is 0 Å². The van der Waals surface area contributed by atoms with E-state index in [1.807, 2.05) is 9.80 Å². The van der Waals surface area contributed by atoms with E-state index in [0.29, 0.717) is 31.0 Å². The largest absolute Gasteiger partial charge is 0.343 e. The number of benzene rings is 1. The lowest BCUT2D eigenvalue weighted by Gasteiger charge is -2.36. The summed E-state index contributed by atoms with van der Waals surface area (Å²) >= 11 is 0. The van der Waals surface area contributed by atoms with E-state index in [9.17, 15) is 13.2 Å². The Labute approximate surface area is 159 Å². The van der Waals surface area contributed by atoms with Gasteiger partial charge >= 0.3 is 0 Å². The van der Waals surface area contributed by atoms with Crippen molar-refractivity contribution in [2.24, 2.45) is 4.40 Å². The van der Waals surface area contributed by atoms with Gasteiger partial charge in [-0.1, -0.05) is 12.1 Å². The van der Waals surface area contributed by atoms with Crippen molar-refractivity contribution in [3.63, 3.8) is 0 Å². The molecule has 7 nitrogen and oxygen atoms in total. The molecule has 0 aromatic heterocycles. The molecule has 3 aliphatic heterocycles. The van der Waals surface area contributed by atoms with Crippen molar-refractivity contribution in [1.29, 1.82) is 0 Å². The van der Waals surface area contributed by atoms with Crippen molar-refractivity contribution in [2.75, 3.05) is 26.2 Å². The van der Waals surface area contributed by atoms with Crippen molar-refractivity contribution in [1.82, 2.24) is 15.1 Å². The van der Waals surface area contributed by atoms with Gasteiger partial charge in [0, 0.05) is 37.8 Å². The first-order valence-electron chi connectivity index (χ1n) is 8.70. The smallest absolute Gasteiger partial charge is 0.285 e. The highest BCUT2D eigenvalue weighted by atomic mass is 35.5. The molecule has 1 amide bonds. The molecule has 142 valence electrons. The molecule has 0 spiro atoms. The monoisotopic (exact) mass is 398 g/mol. The first-order chi connectivity index (χ1) is 12.0. The van der Waals surface area contributed by atoms with Gasteiger partial charge in [-0.05, 0) is 31.9 Å². The molecule has 4 rings (SSSR count). The Bertz CT molecular complexity index is 842. The first-order valence-corrected chi connectivity index (χ1v) is 10.1. The number of carbonyl (C=O) groups excluding carboxylic acids is 1. The van der Waals surface area contributed by atoms with Gasteiger partial charge in [0.25, 0.3) is 10.0 Å². The van der Waals surface area contributed by atoms with Crippen LogP contribution in [0.5, 0.6) is 0 Å². The minimum Gasteiger partial charge on any atom is -0.343 e. The summed E-state index contributed by atoms with van der Waals surface area (Å²) in [6.07, 6.45) is 1.59. The number of rotatable bonds is 1. The molecule has 26 heavy (non-hydrogen) atoms. The predicted octanol–water partition coefficient (Wildman–Crippen LogP) is 0.842. The van der Waals surface area contributed by atoms with Crippen LogP contribution in [0.2, 0.25) is 0 Å². The number of carbonyl (C=O) groups is 1. The van der Waals surface area contributed by atoms with Gasteiger partial charge < -0.3 is 15.1 Å². The fourth-order valence-corrected chi connectivity index (χ4v) is 5.13. The quantitative estimate of drug-likeness (QED) is 0.758. The van der Waals surface area contributed by atoms with E-state index in [-0.39, 0.29) is 35.3 Å². The Morgan fingerprint density at radius 3 is 2.81 bits per heavy atom. The zero-order valence-corrected chi connectivity index (χ0v) is 16.2. The molecule has 1 aromatic rings. The lowest BCUT2D eigenvalue weighted by Crippen LogP contribution is -2.56. The Hall–Kier alpha value is -1.64. The number of nitrogens with zero attached hydrogens (tertiary/aromatic N) is 3. The van der Waals surface area contributed by atoms with E-state index in [2.05, 4.69) is 16.6 Å². The molecule has 0 saturated carbocycles. The second-order valence-electron chi connectivity index (χ2n) is 6.88. The summed E-state index contributed by atoms with van der Waals surface area (Å²) in [6.45, 7) is 4.88. The molecule has 3 aliphatic rings. The topological polar surface area (TPSA) is 82.1 Å². The molecule has 3 heterocycles. The van der Waals surface area contributed by atoms with E-state index >= 15 is 0 Å². The van der Waals surface area contributed by atoms with Gasteiger partial charge in [0.1, 0.15) is 10.9 Å². The maximum atomic E-state index is 13.0. The molecule has 0 aliphatic carbocycles. The van der Waals surface area contributed by atoms with Crippen LogP contribution in [0.3, 0.4) is 0 Å². The van der Waals surface area contributed by atoms with Gasteiger partial charge in [-0.2, -0.15) is 8.42 Å². The van der Waals surface area contributed by atoms with Gasteiger partial charge in [-0.25, -0.2) is 0 Å². The fourth-order valence-electron chi connectivity index (χ4n) is 3.92. The average molecular weight is 399 g/mol. The van der Waals surface area contributed by atoms with Crippen LogP contribution in [0.4, 0.5) is 0 Å². The zero-order chi connectivity index (χ0) is 17.6. The van der Waals surface area contributed by atoms with Crippen LogP contribution in [-0.4, -0.2) is 68.2 Å². The SMILES string of the molecule is CC1CN(C(=O)C2CCCN2C2=NS(=O)(=O)c3ccccc32)CCN1.Cl. The lowest BCUT2D eigenvalue weighted by molar-refractivity contribution is -0.135. The maximum Gasteiger partial charge on any atom is 0.285 e. The number of nitrogens with one attached hydrogen (secondary N) is 1. The van der Waals surface area contributed by atoms with Crippen molar-refractivity contribution >= 4 is 34.2 Å². The minimum absolute atomic E-state index is 0. The van der Waals surface area contributed by atoms with Crippen LogP contribution in [0, 0.1) is 0 Å². The Kier molecular flexibility index (Phi) is 5.28. The zero-order valence-electron chi connectivity index (χ0n) is 14.6. The fraction of sp³-hybridized carbons (Fsp3) is 0.529. The van der Waals surface area contributed by atoms with Crippen molar-refractivity contribution in [3.05, 3.63) is 29.8 Å². The van der Waals surface area contributed by atoms with Gasteiger partial charge in [0.2, 0.25) is 5.91 Å². The van der Waals surface area contributed by atoms with E-state index in [1.165, 1.54) is 0 Å². The number of piperazine rings is 1. The molecular formula is C17H23ClN4O3S. The Morgan fingerprint density at radius 2 is 2.04 bits per heavy atom. The van der Waals surface area contributed by atoms with Crippen LogP contribution in [0.1, 0.15) is 25.3 Å². The summed E-state index contributed by atoms with van der Waals surface area (Å²) < 4.78 is 28.6. The van der Waals surface area contributed by atoms with Gasteiger partial charge in [0.15, 0.2) is 5.84 Å². The van der Waals surface area contributed by atoms with E-state index in [4.69, 9.17) is 0 Å². The molecule has 0 bridgehead atoms. The van der Waals surface area contributed by atoms with E-state index < -0.39 is 10.0 Å². The maximum absolute atomic E-state index is 13.0. The highest BCUT2D eigenvalue weighted by Crippen LogP contribution is 2.31. The Balaban J connectivity index is 0.00000196. The van der Waals surface area contributed by atoms with Gasteiger partial charge in [0.05, 0.1) is 0 Å². The second kappa shape index (κ2) is 7.17. The standard InChI is InChI=1S/C17H22N4O3S.ClH/c1-12-11-20(10-8-18-12)17(22)14-6-4-9-21(14)16-13-5-2-3-7-15(13)25(23,24)19-16;/h2-3,5,7,12,14,18H,4,6,8-11H2,1H3;1H. The third kappa shape index (κ3) is 3.21. The number of fused-ring (bicyclic) bond motifs is 1. The molecule has 2 atom stereocenters. The number of hydrogen-bond donors (Lipinski definition) is 1. The molecule has 2 unspecified atom stereocenters. The van der Waals surface area contributed by atoms with Crippen molar-refractivity contribution in [2.45, 2.75) is 36.7 Å². The summed E-state index contributed by atoms with van der Waals surface area (Å²) in [7, 11) is -3.66. The van der Waals surface area contributed by atoms with Crippen LogP contribution in [0.15, 0.2) is 33.6 Å². The third-order valence-corrected chi connectivity index (χ3v) is 6.43. The molecule has 2 fully saturated rings. The number of amides is 1. The molecule has 9 heteroatoms. The summed E-state index contributed by atoms with van der Waals surface area (Å²) in [5, 5.41) is 3.34. The van der Waals surface area contributed by atoms with E-state index in [1.54, 1.807) is 24.3 Å². The van der Waals surface area contributed by atoms with Gasteiger partial charge in [-0.15, -0.1) is 16.8 Å². The van der Waals surface area contributed by atoms with Crippen LogP contribution in [-0.2, 0) is 14.8 Å². The first kappa shape index (κ1) is 19.1. The highest BCUT2D eigenvalue weighted by Gasteiger charge is 2.40. The normalized spacial score (nSPS) is 26.9. The van der Waals surface area contributed by atoms with Gasteiger partial charge in [-0.3, -0.25) is 4.79 Å². The summed E-state index contributed by atoms with van der Waals surface area (Å²) in [5.74, 6) is 0.505. The molecule has 0 radical (unpaired) electrons.